The predicted octanol–water partition coefficient (Wildman–Crippen LogP) is -0.125. The second-order valence-electron chi connectivity index (χ2n) is 2.14. The Hall–Kier alpha value is -1.03. The Morgan fingerprint density at radius 2 is 2.50 bits per heavy atom. The van der Waals surface area contributed by atoms with Crippen LogP contribution in [0.4, 0.5) is 0 Å². The first kappa shape index (κ1) is 7.08. The molecule has 1 aliphatic heterocycles. The molecule has 1 aliphatic rings. The summed E-state index contributed by atoms with van der Waals surface area (Å²) in [5, 5.41) is 20.1. The third-order valence-electron chi connectivity index (χ3n) is 1.39. The Morgan fingerprint density at radius 1 is 1.80 bits per heavy atom. The maximum absolute atomic E-state index is 10.3. The Balaban J connectivity index is 2.67. The molecule has 1 atom stereocenters. The fourth-order valence-corrected chi connectivity index (χ4v) is 0.884. The molecule has 4 heteroatoms. The molecule has 0 aromatic carbocycles. The van der Waals surface area contributed by atoms with Crippen molar-refractivity contribution in [2.24, 2.45) is 0 Å². The molecule has 0 saturated heterocycles. The lowest BCUT2D eigenvalue weighted by Crippen LogP contribution is -2.41. The third kappa shape index (κ3) is 1.27. The summed E-state index contributed by atoms with van der Waals surface area (Å²) in [6.07, 6.45) is 2.21. The number of carboxylic acid groups (broad SMARTS) is 1. The highest BCUT2D eigenvalue weighted by Crippen LogP contribution is 2.04. The minimum Gasteiger partial charge on any atom is -0.510 e. The van der Waals surface area contributed by atoms with E-state index in [0.29, 0.717) is 13.0 Å². The topological polar surface area (TPSA) is 69.6 Å². The lowest BCUT2D eigenvalue weighted by molar-refractivity contribution is -0.139. The van der Waals surface area contributed by atoms with Crippen molar-refractivity contribution in [2.45, 2.75) is 12.5 Å². The SMILES string of the molecule is O=C(O)C1NCCC=C1O. The van der Waals surface area contributed by atoms with Gasteiger partial charge in [0.2, 0.25) is 0 Å². The van der Waals surface area contributed by atoms with Crippen LogP contribution in [0.5, 0.6) is 0 Å². The number of hydrogen-bond acceptors (Lipinski definition) is 3. The summed E-state index contributed by atoms with van der Waals surface area (Å²) < 4.78 is 0. The molecule has 4 nitrogen and oxygen atoms in total. The highest BCUT2D eigenvalue weighted by atomic mass is 16.4. The Morgan fingerprint density at radius 3 is 2.90 bits per heavy atom. The summed E-state index contributed by atoms with van der Waals surface area (Å²) in [6.45, 7) is 0.612. The van der Waals surface area contributed by atoms with Gasteiger partial charge in [0.1, 0.15) is 5.76 Å². The van der Waals surface area contributed by atoms with Crippen LogP contribution in [0.25, 0.3) is 0 Å². The third-order valence-corrected chi connectivity index (χ3v) is 1.39. The van der Waals surface area contributed by atoms with Gasteiger partial charge in [0.15, 0.2) is 6.04 Å². The lowest BCUT2D eigenvalue weighted by Gasteiger charge is -2.17. The van der Waals surface area contributed by atoms with Gasteiger partial charge in [-0.05, 0) is 19.0 Å². The lowest BCUT2D eigenvalue weighted by atomic mass is 10.1. The average molecular weight is 143 g/mol. The van der Waals surface area contributed by atoms with Crippen LogP contribution in [0, 0.1) is 0 Å². The van der Waals surface area contributed by atoms with E-state index in [4.69, 9.17) is 10.2 Å². The fraction of sp³-hybridized carbons (Fsp3) is 0.500. The second kappa shape index (κ2) is 2.70. The molecule has 1 unspecified atom stereocenters. The van der Waals surface area contributed by atoms with Crippen LogP contribution < -0.4 is 5.32 Å². The molecule has 56 valence electrons. The molecule has 3 N–H and O–H groups in total. The zero-order chi connectivity index (χ0) is 7.56. The van der Waals surface area contributed by atoms with Gasteiger partial charge in [0.05, 0.1) is 0 Å². The molecule has 1 heterocycles. The van der Waals surface area contributed by atoms with Crippen LogP contribution >= 0.6 is 0 Å². The van der Waals surface area contributed by atoms with E-state index in [1.165, 1.54) is 6.08 Å². The van der Waals surface area contributed by atoms with Crippen molar-refractivity contribution in [3.05, 3.63) is 11.8 Å². The van der Waals surface area contributed by atoms with E-state index < -0.39 is 12.0 Å². The van der Waals surface area contributed by atoms with Gasteiger partial charge in [-0.1, -0.05) is 0 Å². The number of aliphatic hydroxyl groups is 1. The zero-order valence-corrected chi connectivity index (χ0v) is 5.37. The molecule has 0 aliphatic carbocycles. The molecule has 10 heavy (non-hydrogen) atoms. The molecule has 0 radical (unpaired) electrons. The molecular formula is C6H9NO3. The van der Waals surface area contributed by atoms with Gasteiger partial charge in [0.25, 0.3) is 0 Å². The first-order valence-electron chi connectivity index (χ1n) is 3.07. The van der Waals surface area contributed by atoms with Crippen LogP contribution in [0.2, 0.25) is 0 Å². The number of rotatable bonds is 1. The molecule has 0 bridgehead atoms. The summed E-state index contributed by atoms with van der Waals surface area (Å²) in [6, 6.07) is -0.895. The van der Waals surface area contributed by atoms with Crippen molar-refractivity contribution < 1.29 is 15.0 Å². The minimum atomic E-state index is -1.03. The number of nitrogens with one attached hydrogen (secondary N) is 1. The van der Waals surface area contributed by atoms with Crippen LogP contribution in [0.3, 0.4) is 0 Å². The molecule has 0 saturated carbocycles. The highest BCUT2D eigenvalue weighted by Gasteiger charge is 2.22. The molecule has 1 rings (SSSR count). The predicted molar refractivity (Wildman–Crippen MR) is 34.8 cm³/mol. The van der Waals surface area contributed by atoms with Gasteiger partial charge in [-0.3, -0.25) is 10.1 Å². The Labute approximate surface area is 58.2 Å². The van der Waals surface area contributed by atoms with Crippen LogP contribution in [0.15, 0.2) is 11.8 Å². The van der Waals surface area contributed by atoms with E-state index in [-0.39, 0.29) is 5.76 Å². The van der Waals surface area contributed by atoms with E-state index in [2.05, 4.69) is 5.32 Å². The summed E-state index contributed by atoms with van der Waals surface area (Å²) in [5.74, 6) is -1.12. The van der Waals surface area contributed by atoms with Crippen molar-refractivity contribution in [2.75, 3.05) is 6.54 Å². The average Bonchev–Trinajstić information content (AvgIpc) is 1.88. The maximum Gasteiger partial charge on any atom is 0.328 e. The van der Waals surface area contributed by atoms with Crippen molar-refractivity contribution in [1.29, 1.82) is 0 Å². The van der Waals surface area contributed by atoms with E-state index in [1.807, 2.05) is 0 Å². The normalized spacial score (nSPS) is 25.6. The molecule has 0 aromatic heterocycles. The number of carbonyl (C=O) groups is 1. The van der Waals surface area contributed by atoms with E-state index in [1.54, 1.807) is 0 Å². The number of aliphatic carboxylic acids is 1. The fourth-order valence-electron chi connectivity index (χ4n) is 0.884. The van der Waals surface area contributed by atoms with E-state index in [0.717, 1.165) is 0 Å². The van der Waals surface area contributed by atoms with Gasteiger partial charge >= 0.3 is 5.97 Å². The van der Waals surface area contributed by atoms with E-state index in [9.17, 15) is 4.79 Å². The molecule has 0 fully saturated rings. The van der Waals surface area contributed by atoms with Crippen LogP contribution in [0.1, 0.15) is 6.42 Å². The van der Waals surface area contributed by atoms with Crippen molar-refractivity contribution in [3.8, 4) is 0 Å². The standard InChI is InChI=1S/C6H9NO3/c8-4-2-1-3-7-5(4)6(9)10/h2,5,7-8H,1,3H2,(H,9,10). The van der Waals surface area contributed by atoms with Crippen LogP contribution in [-0.4, -0.2) is 28.8 Å². The van der Waals surface area contributed by atoms with Gasteiger partial charge in [0, 0.05) is 0 Å². The number of aliphatic hydroxyl groups excluding tert-OH is 1. The second-order valence-corrected chi connectivity index (χ2v) is 2.14. The molecule has 0 aromatic rings. The first-order valence-corrected chi connectivity index (χ1v) is 3.07. The molecule has 0 amide bonds. The van der Waals surface area contributed by atoms with Crippen molar-refractivity contribution in [3.63, 3.8) is 0 Å². The minimum absolute atomic E-state index is 0.0845. The summed E-state index contributed by atoms with van der Waals surface area (Å²) in [5.41, 5.74) is 0. The number of carboxylic acids is 1. The highest BCUT2D eigenvalue weighted by molar-refractivity contribution is 5.76. The molecular weight excluding hydrogens is 134 g/mol. The monoisotopic (exact) mass is 143 g/mol. The largest absolute Gasteiger partial charge is 0.510 e. The Bertz CT molecular complexity index is 176. The van der Waals surface area contributed by atoms with Crippen molar-refractivity contribution >= 4 is 5.97 Å². The first-order chi connectivity index (χ1) is 4.72. The van der Waals surface area contributed by atoms with E-state index >= 15 is 0 Å². The summed E-state index contributed by atoms with van der Waals surface area (Å²) in [4.78, 5) is 10.3. The van der Waals surface area contributed by atoms with Crippen molar-refractivity contribution in [1.82, 2.24) is 5.32 Å². The zero-order valence-electron chi connectivity index (χ0n) is 5.37. The van der Waals surface area contributed by atoms with Gasteiger partial charge < -0.3 is 10.2 Å². The Kier molecular flexibility index (Phi) is 1.91. The maximum atomic E-state index is 10.3. The summed E-state index contributed by atoms with van der Waals surface area (Å²) >= 11 is 0. The molecule has 0 spiro atoms. The number of hydrogen-bond donors (Lipinski definition) is 3. The smallest absolute Gasteiger partial charge is 0.328 e. The van der Waals surface area contributed by atoms with Gasteiger partial charge in [-0.2, -0.15) is 0 Å². The summed E-state index contributed by atoms with van der Waals surface area (Å²) in [7, 11) is 0. The van der Waals surface area contributed by atoms with Gasteiger partial charge in [-0.25, -0.2) is 0 Å². The van der Waals surface area contributed by atoms with Gasteiger partial charge in [-0.15, -0.1) is 0 Å². The van der Waals surface area contributed by atoms with Crippen LogP contribution in [-0.2, 0) is 4.79 Å². The quantitative estimate of drug-likeness (QED) is 0.478.